The normalized spacial score (nSPS) is 17.0. The lowest BCUT2D eigenvalue weighted by Gasteiger charge is -2.42. The number of aromatic nitrogens is 4. The van der Waals surface area contributed by atoms with Gasteiger partial charge in [0.25, 0.3) is 8.53 Å². The number of nitrogen functional groups attached to an aromatic ring is 1. The Morgan fingerprint density at radius 1 is 0.730 bits per heavy atom. The molecule has 13 nitrogen and oxygen atoms in total. The average Bonchev–Trinajstić information content (AvgIpc) is 4.07. The smallest absolute Gasteiger partial charge is 0.259 e. The maximum atomic E-state index is 15.9. The lowest BCUT2D eigenvalue weighted by molar-refractivity contribution is -0.124. The number of ether oxygens (including phenoxy) is 4. The van der Waals surface area contributed by atoms with Crippen molar-refractivity contribution >= 4 is 49.7 Å². The maximum Gasteiger partial charge on any atom is 0.259 e. The van der Waals surface area contributed by atoms with Crippen molar-refractivity contribution in [3.05, 3.63) is 205 Å². The predicted octanol–water partition coefficient (Wildman–Crippen LogP) is 10.6. The van der Waals surface area contributed by atoms with Gasteiger partial charge in [-0.25, -0.2) is 19.6 Å². The number of rotatable bonds is 22. The molecule has 9 rings (SSSR count). The Balaban J connectivity index is 1.20. The Bertz CT molecular complexity index is 2970. The zero-order chi connectivity index (χ0) is 51.8. The van der Waals surface area contributed by atoms with Gasteiger partial charge in [-0.1, -0.05) is 163 Å². The number of carbonyl (C=O) groups excluding carboxylic acids is 1. The van der Waals surface area contributed by atoms with Crippen LogP contribution in [0, 0.1) is 0 Å². The minimum atomic E-state index is -2.33. The minimum Gasteiger partial charge on any atom is -0.497 e. The molecular formula is C59H65N6O7PSi. The van der Waals surface area contributed by atoms with Crippen molar-refractivity contribution in [1.82, 2.24) is 24.2 Å². The Morgan fingerprint density at radius 2 is 1.24 bits per heavy atom. The summed E-state index contributed by atoms with van der Waals surface area (Å²) in [6.45, 7) is 11.5. The topological polar surface area (TPSA) is 145 Å². The standard InChI is InChI=1S/C59H65N6O7PSi/c1-41(2)65(42(3)4)73(69-36-37-74(7,49-24-16-10-17-25-49)50-26-18-11-19-27-50)72-51-38-52(64-40-63-53-57(60)61-39-62-58(53)64)70-55(51)56(54(66)43-20-12-8-13-21-43)71-59(44-22-14-9-15-23-44,45-28-32-47(67-5)33-29-45)46-30-34-48(68-6)35-31-46/h8-35,39-42,51-52,55-56H,36-38H2,1-7H3,(H2,60,61,62)/t51-,52+,55-,56?,73?/m0/s1. The minimum absolute atomic E-state index is 0.0238. The number of anilines is 1. The van der Waals surface area contributed by atoms with Gasteiger partial charge in [0.05, 0.1) is 33.3 Å². The fraction of sp³-hybridized carbons (Fsp3) is 0.288. The van der Waals surface area contributed by atoms with Crippen molar-refractivity contribution in [3.63, 3.8) is 0 Å². The first-order valence-corrected chi connectivity index (χ1v) is 29.0. The van der Waals surface area contributed by atoms with Gasteiger partial charge in [-0.15, -0.1) is 0 Å². The molecule has 1 saturated heterocycles. The summed E-state index contributed by atoms with van der Waals surface area (Å²) in [7, 11) is -0.865. The molecule has 2 aromatic heterocycles. The van der Waals surface area contributed by atoms with Crippen LogP contribution in [0.1, 0.15) is 67.4 Å². The van der Waals surface area contributed by atoms with Gasteiger partial charge in [-0.3, -0.25) is 9.36 Å². The third-order valence-corrected chi connectivity index (χ3v) is 20.6. The van der Waals surface area contributed by atoms with Gasteiger partial charge in [0.1, 0.15) is 49.3 Å². The molecule has 0 spiro atoms. The fourth-order valence-corrected chi connectivity index (χ4v) is 15.4. The molecular weight excluding hydrogens is 964 g/mol. The molecule has 6 aromatic carbocycles. The molecule has 5 atom stereocenters. The van der Waals surface area contributed by atoms with Crippen LogP contribution in [0.25, 0.3) is 11.2 Å². The molecule has 0 aliphatic carbocycles. The van der Waals surface area contributed by atoms with Crippen LogP contribution in [0.15, 0.2) is 183 Å². The molecule has 382 valence electrons. The van der Waals surface area contributed by atoms with Crippen LogP contribution in [-0.2, 0) is 24.1 Å². The number of methoxy groups -OCH3 is 2. The van der Waals surface area contributed by atoms with Gasteiger partial charge in [-0.2, -0.15) is 0 Å². The van der Waals surface area contributed by atoms with Crippen LogP contribution in [0.3, 0.4) is 0 Å². The van der Waals surface area contributed by atoms with Crippen molar-refractivity contribution in [2.24, 2.45) is 0 Å². The molecule has 1 aliphatic rings. The van der Waals surface area contributed by atoms with E-state index < -0.39 is 46.7 Å². The molecule has 3 heterocycles. The van der Waals surface area contributed by atoms with E-state index in [1.807, 2.05) is 114 Å². The highest BCUT2D eigenvalue weighted by molar-refractivity contribution is 7.44. The second-order valence-electron chi connectivity index (χ2n) is 19.2. The van der Waals surface area contributed by atoms with Gasteiger partial charge in [-0.05, 0) is 74.7 Å². The number of benzene rings is 6. The SMILES string of the molecule is COc1ccc(C(OC(C(=O)c2ccccc2)[C@H]2O[C@@H](n3cnc4c(N)ncnc43)C[C@@H]2OP(OCC[Si](C)(c2ccccc2)c2ccccc2)N(C(C)C)C(C)C)(c2ccccc2)c2ccc(OC)cc2)cc1. The van der Waals surface area contributed by atoms with E-state index in [4.69, 9.17) is 33.7 Å². The third kappa shape index (κ3) is 10.8. The molecule has 0 amide bonds. The summed E-state index contributed by atoms with van der Waals surface area (Å²) in [5.41, 5.74) is 8.59. The third-order valence-electron chi connectivity index (χ3n) is 14.0. The summed E-state index contributed by atoms with van der Waals surface area (Å²) in [5, 5.41) is 2.65. The van der Waals surface area contributed by atoms with E-state index in [9.17, 15) is 0 Å². The number of hydrogen-bond donors (Lipinski definition) is 1. The molecule has 74 heavy (non-hydrogen) atoms. The first-order valence-electron chi connectivity index (χ1n) is 25.1. The molecule has 8 aromatic rings. The zero-order valence-corrected chi connectivity index (χ0v) is 44.9. The highest BCUT2D eigenvalue weighted by atomic mass is 31.2. The van der Waals surface area contributed by atoms with Crippen molar-refractivity contribution in [2.45, 2.75) is 88.9 Å². The second-order valence-corrected chi connectivity index (χ2v) is 25.0. The summed E-state index contributed by atoms with van der Waals surface area (Å²) in [5.74, 6) is 1.28. The summed E-state index contributed by atoms with van der Waals surface area (Å²) < 4.78 is 45.4. The lowest BCUT2D eigenvalue weighted by atomic mass is 9.79. The Morgan fingerprint density at radius 3 is 1.77 bits per heavy atom. The first-order chi connectivity index (χ1) is 35.9. The quantitative estimate of drug-likeness (QED) is 0.0298. The van der Waals surface area contributed by atoms with E-state index in [1.54, 1.807) is 20.5 Å². The highest BCUT2D eigenvalue weighted by Gasteiger charge is 2.52. The summed E-state index contributed by atoms with van der Waals surface area (Å²) in [6.07, 6.45) is -0.511. The maximum absolute atomic E-state index is 15.9. The molecule has 1 aliphatic heterocycles. The van der Waals surface area contributed by atoms with Crippen LogP contribution in [0.5, 0.6) is 11.5 Å². The average molecular weight is 1030 g/mol. The molecule has 0 bridgehead atoms. The van der Waals surface area contributed by atoms with Crippen LogP contribution in [-0.4, -0.2) is 89.3 Å². The first kappa shape index (κ1) is 52.3. The monoisotopic (exact) mass is 1030 g/mol. The van der Waals surface area contributed by atoms with Crippen LogP contribution < -0.4 is 25.6 Å². The zero-order valence-electron chi connectivity index (χ0n) is 43.0. The number of hydrogen-bond acceptors (Lipinski definition) is 12. The lowest BCUT2D eigenvalue weighted by Crippen LogP contribution is -2.56. The van der Waals surface area contributed by atoms with Crippen LogP contribution in [0.2, 0.25) is 12.6 Å². The predicted molar refractivity (Wildman–Crippen MR) is 295 cm³/mol. The van der Waals surface area contributed by atoms with E-state index in [0.29, 0.717) is 34.8 Å². The van der Waals surface area contributed by atoms with Crippen LogP contribution >= 0.6 is 8.53 Å². The summed E-state index contributed by atoms with van der Waals surface area (Å²) in [6, 6.07) is 57.1. The van der Waals surface area contributed by atoms with E-state index >= 15 is 4.79 Å². The molecule has 0 saturated carbocycles. The fourth-order valence-electron chi connectivity index (χ4n) is 10.2. The van der Waals surface area contributed by atoms with Gasteiger partial charge in [0.15, 0.2) is 23.4 Å². The van der Waals surface area contributed by atoms with Gasteiger partial charge in [0, 0.05) is 24.1 Å². The number of Topliss-reactive ketones (excluding diaryl/α,β-unsaturated/α-hetero) is 1. The number of carbonyl (C=O) groups is 1. The molecule has 15 heteroatoms. The Kier molecular flexibility index (Phi) is 16.4. The number of imidazole rings is 1. The Labute approximate surface area is 436 Å². The van der Waals surface area contributed by atoms with Crippen molar-refractivity contribution in [2.75, 3.05) is 26.6 Å². The summed E-state index contributed by atoms with van der Waals surface area (Å²) in [4.78, 5) is 29.4. The molecule has 2 unspecified atom stereocenters. The van der Waals surface area contributed by atoms with Gasteiger partial charge in [0.2, 0.25) is 0 Å². The largest absolute Gasteiger partial charge is 0.497 e. The molecule has 0 radical (unpaired) electrons. The van der Waals surface area contributed by atoms with E-state index in [0.717, 1.165) is 22.7 Å². The Hall–Kier alpha value is -6.61. The van der Waals surface area contributed by atoms with Gasteiger partial charge >= 0.3 is 0 Å². The second kappa shape index (κ2) is 23.3. The van der Waals surface area contributed by atoms with E-state index in [1.165, 1.54) is 16.7 Å². The number of fused-ring (bicyclic) bond motifs is 1. The number of nitrogens with zero attached hydrogens (tertiary/aromatic N) is 5. The van der Waals surface area contributed by atoms with E-state index in [-0.39, 0.29) is 30.1 Å². The van der Waals surface area contributed by atoms with Crippen molar-refractivity contribution in [3.8, 4) is 11.5 Å². The number of nitrogens with two attached hydrogens (primary N) is 1. The summed E-state index contributed by atoms with van der Waals surface area (Å²) >= 11 is 0. The van der Waals surface area contributed by atoms with Crippen molar-refractivity contribution in [1.29, 1.82) is 0 Å². The highest BCUT2D eigenvalue weighted by Crippen LogP contribution is 2.52. The number of ketones is 1. The van der Waals surface area contributed by atoms with Gasteiger partial charge < -0.3 is 33.7 Å². The van der Waals surface area contributed by atoms with Crippen molar-refractivity contribution < 1.29 is 32.8 Å². The van der Waals surface area contributed by atoms with E-state index in [2.05, 4.69) is 115 Å². The molecule has 2 N–H and O–H groups in total. The van der Waals surface area contributed by atoms with Crippen LogP contribution in [0.4, 0.5) is 5.82 Å². The molecule has 1 fully saturated rings.